The minimum atomic E-state index is -0.972. The lowest BCUT2D eigenvalue weighted by atomic mass is 10.0. The molecule has 128 valence electrons. The van der Waals surface area contributed by atoms with Crippen molar-refractivity contribution in [2.24, 2.45) is 0 Å². The molecule has 4 atom stereocenters. The maximum absolute atomic E-state index is 12.5. The summed E-state index contributed by atoms with van der Waals surface area (Å²) < 4.78 is -0.586. The third-order valence-electron chi connectivity index (χ3n) is 4.27. The van der Waals surface area contributed by atoms with Crippen LogP contribution >= 0.6 is 11.8 Å². The van der Waals surface area contributed by atoms with E-state index in [0.717, 1.165) is 0 Å². The molecule has 4 N–H and O–H groups in total. The molecule has 1 aromatic rings. The monoisotopic (exact) mass is 349 g/mol. The van der Waals surface area contributed by atoms with Crippen molar-refractivity contribution in [1.82, 2.24) is 16.0 Å². The first-order chi connectivity index (χ1) is 11.3. The molecule has 0 aromatic heterocycles. The summed E-state index contributed by atoms with van der Waals surface area (Å²) in [7, 11) is 0. The Bertz CT molecular complexity index is 679. The molecule has 0 radical (unpaired) electrons. The average molecular weight is 349 g/mol. The summed E-state index contributed by atoms with van der Waals surface area (Å²) >= 11 is 1.35. The van der Waals surface area contributed by atoms with Gasteiger partial charge in [0.2, 0.25) is 11.8 Å². The summed E-state index contributed by atoms with van der Waals surface area (Å²) in [5.74, 6) is -1.60. The summed E-state index contributed by atoms with van der Waals surface area (Å²) in [6, 6.07) is 6.65. The fraction of sp³-hybridized carbons (Fsp3) is 0.438. The Morgan fingerprint density at radius 2 is 1.79 bits per heavy atom. The van der Waals surface area contributed by atoms with Gasteiger partial charge in [0.25, 0.3) is 0 Å². The van der Waals surface area contributed by atoms with Crippen molar-refractivity contribution in [3.05, 3.63) is 35.9 Å². The standard InChI is InChI=1S/C16H19N3O4S/c1-16(2)11(15(22)23)19-14(24-16)10-13(21)17-9(12(20)18-10)8-6-4-3-5-7-8/h3-7,9-11,14,19H,1-2H3,(H,17,21)(H,18,20)(H,22,23)/t9-,10-,11-,14-/m1/s1. The number of carbonyl (C=O) groups excluding carboxylic acids is 2. The normalized spacial score (nSPS) is 32.1. The van der Waals surface area contributed by atoms with Crippen molar-refractivity contribution in [1.29, 1.82) is 0 Å². The smallest absolute Gasteiger partial charge is 0.322 e. The molecule has 0 unspecified atom stereocenters. The van der Waals surface area contributed by atoms with Gasteiger partial charge >= 0.3 is 5.97 Å². The lowest BCUT2D eigenvalue weighted by molar-refractivity contribution is -0.140. The first-order valence-corrected chi connectivity index (χ1v) is 8.50. The molecule has 2 amide bonds. The van der Waals surface area contributed by atoms with Crippen LogP contribution in [0.15, 0.2) is 30.3 Å². The molecule has 0 aliphatic carbocycles. The molecule has 2 fully saturated rings. The molecule has 0 bridgehead atoms. The van der Waals surface area contributed by atoms with Crippen molar-refractivity contribution < 1.29 is 19.5 Å². The largest absolute Gasteiger partial charge is 0.480 e. The van der Waals surface area contributed by atoms with Gasteiger partial charge in [0.05, 0.1) is 5.37 Å². The molecule has 7 nitrogen and oxygen atoms in total. The second kappa shape index (κ2) is 6.10. The summed E-state index contributed by atoms with van der Waals surface area (Å²) in [5.41, 5.74) is 0.706. The van der Waals surface area contributed by atoms with Crippen molar-refractivity contribution in [3.8, 4) is 0 Å². The second-order valence-electron chi connectivity index (χ2n) is 6.42. The van der Waals surface area contributed by atoms with Crippen molar-refractivity contribution in [2.75, 3.05) is 0 Å². The van der Waals surface area contributed by atoms with E-state index in [2.05, 4.69) is 16.0 Å². The second-order valence-corrected chi connectivity index (χ2v) is 8.21. The van der Waals surface area contributed by atoms with E-state index in [4.69, 9.17) is 0 Å². The topological polar surface area (TPSA) is 108 Å². The van der Waals surface area contributed by atoms with Gasteiger partial charge in [-0.2, -0.15) is 0 Å². The first kappa shape index (κ1) is 16.8. The zero-order chi connectivity index (χ0) is 17.5. The highest BCUT2D eigenvalue weighted by molar-refractivity contribution is 8.01. The number of rotatable bonds is 3. The molecule has 0 saturated carbocycles. The fourth-order valence-corrected chi connectivity index (χ4v) is 4.51. The van der Waals surface area contributed by atoms with Gasteiger partial charge in [-0.25, -0.2) is 0 Å². The fourth-order valence-electron chi connectivity index (χ4n) is 3.02. The van der Waals surface area contributed by atoms with Crippen LogP contribution in [0.25, 0.3) is 0 Å². The predicted octanol–water partition coefficient (Wildman–Crippen LogP) is 0.237. The number of benzene rings is 1. The van der Waals surface area contributed by atoms with E-state index in [1.165, 1.54) is 11.8 Å². The Balaban J connectivity index is 1.75. The van der Waals surface area contributed by atoms with Gasteiger partial charge in [-0.15, -0.1) is 11.8 Å². The molecular weight excluding hydrogens is 330 g/mol. The first-order valence-electron chi connectivity index (χ1n) is 7.62. The van der Waals surface area contributed by atoms with Crippen LogP contribution in [0.2, 0.25) is 0 Å². The highest BCUT2D eigenvalue weighted by Crippen LogP contribution is 2.39. The summed E-state index contributed by atoms with van der Waals surface area (Å²) in [5, 5.41) is 17.2. The molecule has 2 aliphatic heterocycles. The van der Waals surface area contributed by atoms with Crippen LogP contribution in [0, 0.1) is 0 Å². The van der Waals surface area contributed by atoms with Gasteiger partial charge in [-0.05, 0) is 19.4 Å². The van der Waals surface area contributed by atoms with E-state index < -0.39 is 34.2 Å². The number of carboxylic acids is 1. The van der Waals surface area contributed by atoms with Crippen molar-refractivity contribution in [3.63, 3.8) is 0 Å². The summed E-state index contributed by atoms with van der Waals surface area (Å²) in [6.45, 7) is 3.61. The quantitative estimate of drug-likeness (QED) is 0.623. The number of carbonyl (C=O) groups is 3. The Kier molecular flexibility index (Phi) is 4.27. The van der Waals surface area contributed by atoms with E-state index in [1.807, 2.05) is 6.07 Å². The van der Waals surface area contributed by atoms with Gasteiger partial charge < -0.3 is 15.7 Å². The summed E-state index contributed by atoms with van der Waals surface area (Å²) in [6.07, 6.45) is 0. The predicted molar refractivity (Wildman–Crippen MR) is 89.3 cm³/mol. The molecule has 2 heterocycles. The molecule has 2 saturated heterocycles. The van der Waals surface area contributed by atoms with Gasteiger partial charge in [0.1, 0.15) is 18.1 Å². The minimum absolute atomic E-state index is 0.301. The van der Waals surface area contributed by atoms with E-state index >= 15 is 0 Å². The Labute approximate surface area is 143 Å². The third kappa shape index (κ3) is 2.99. The van der Waals surface area contributed by atoms with E-state index in [1.54, 1.807) is 38.1 Å². The van der Waals surface area contributed by atoms with Crippen LogP contribution in [0.5, 0.6) is 0 Å². The molecule has 8 heteroatoms. The van der Waals surface area contributed by atoms with Crippen LogP contribution in [-0.4, -0.2) is 45.1 Å². The zero-order valence-electron chi connectivity index (χ0n) is 13.3. The number of hydrogen-bond donors (Lipinski definition) is 4. The average Bonchev–Trinajstić information content (AvgIpc) is 2.85. The molecule has 1 aromatic carbocycles. The van der Waals surface area contributed by atoms with Crippen LogP contribution < -0.4 is 16.0 Å². The number of hydrogen-bond acceptors (Lipinski definition) is 5. The number of thioether (sulfide) groups is 1. The minimum Gasteiger partial charge on any atom is -0.480 e. The highest BCUT2D eigenvalue weighted by Gasteiger charge is 2.50. The van der Waals surface area contributed by atoms with Crippen LogP contribution in [-0.2, 0) is 14.4 Å². The Morgan fingerprint density at radius 1 is 1.12 bits per heavy atom. The van der Waals surface area contributed by atoms with Gasteiger partial charge in [-0.1, -0.05) is 30.3 Å². The Hall–Kier alpha value is -2.06. The van der Waals surface area contributed by atoms with Gasteiger partial charge in [0, 0.05) is 4.75 Å². The molecular formula is C16H19N3O4S. The van der Waals surface area contributed by atoms with Gasteiger partial charge in [0.15, 0.2) is 0 Å². The number of aliphatic carboxylic acids is 1. The number of amides is 2. The van der Waals surface area contributed by atoms with E-state index in [9.17, 15) is 19.5 Å². The third-order valence-corrected chi connectivity index (χ3v) is 5.77. The Morgan fingerprint density at radius 3 is 2.38 bits per heavy atom. The van der Waals surface area contributed by atoms with E-state index in [0.29, 0.717) is 5.56 Å². The maximum Gasteiger partial charge on any atom is 0.322 e. The van der Waals surface area contributed by atoms with E-state index in [-0.39, 0.29) is 11.8 Å². The van der Waals surface area contributed by atoms with Crippen LogP contribution in [0.3, 0.4) is 0 Å². The molecule has 0 spiro atoms. The maximum atomic E-state index is 12.5. The SMILES string of the molecule is CC1(C)S[C@H]([C@@H]2NC(=O)[C@@H](c3ccccc3)NC2=O)N[C@@H]1C(=O)O. The lowest BCUT2D eigenvalue weighted by Crippen LogP contribution is -2.63. The van der Waals surface area contributed by atoms with Gasteiger partial charge in [-0.3, -0.25) is 19.7 Å². The highest BCUT2D eigenvalue weighted by atomic mass is 32.2. The van der Waals surface area contributed by atoms with Crippen LogP contribution in [0.4, 0.5) is 0 Å². The number of piperazine rings is 1. The molecule has 3 rings (SSSR count). The lowest BCUT2D eigenvalue weighted by Gasteiger charge is -2.32. The van der Waals surface area contributed by atoms with Crippen molar-refractivity contribution in [2.45, 2.75) is 42.1 Å². The molecule has 2 aliphatic rings. The summed E-state index contributed by atoms with van der Waals surface area (Å²) in [4.78, 5) is 36.2. The number of carboxylic acid groups (broad SMARTS) is 1. The van der Waals surface area contributed by atoms with Crippen molar-refractivity contribution >= 4 is 29.5 Å². The van der Waals surface area contributed by atoms with Crippen LogP contribution in [0.1, 0.15) is 25.5 Å². The number of nitrogens with one attached hydrogen (secondary N) is 3. The molecule has 24 heavy (non-hydrogen) atoms. The zero-order valence-corrected chi connectivity index (χ0v) is 14.1.